The molecule has 0 aliphatic rings. The fraction of sp³-hybridized carbons (Fsp3) is 0.261. The number of hydrogen-bond acceptors (Lipinski definition) is 4. The number of hydrogen-bond donors (Lipinski definition) is 4. The van der Waals surface area contributed by atoms with Crippen molar-refractivity contribution in [3.05, 3.63) is 94.8 Å². The van der Waals surface area contributed by atoms with Crippen LogP contribution in [0.1, 0.15) is 43.5 Å². The standard InChI is InChI=1S/C23H27F2N3O2/c1-3-4-10-18(22(26)28-21(14-29)16-8-6-5-7-9-16)23(30)27-15(2)17-11-12-19(24)20(25)13-17/h4-13,15,21,28-29H,3,14,26H2,1-2H3,(H,27,30)/b10-4-,22-18-/t15-,21-/m0/s1. The van der Waals surface area contributed by atoms with E-state index in [1.807, 2.05) is 37.3 Å². The van der Waals surface area contributed by atoms with Crippen LogP contribution in [0.15, 0.2) is 72.1 Å². The highest BCUT2D eigenvalue weighted by Gasteiger charge is 2.18. The summed E-state index contributed by atoms with van der Waals surface area (Å²) in [5, 5.41) is 15.5. The number of aliphatic hydroxyl groups excluding tert-OH is 1. The van der Waals surface area contributed by atoms with Gasteiger partial charge in [0.2, 0.25) is 0 Å². The molecule has 5 nitrogen and oxygen atoms in total. The Labute approximate surface area is 175 Å². The number of benzene rings is 2. The van der Waals surface area contributed by atoms with Crippen LogP contribution in [-0.4, -0.2) is 17.6 Å². The topological polar surface area (TPSA) is 87.4 Å². The van der Waals surface area contributed by atoms with Crippen LogP contribution < -0.4 is 16.4 Å². The minimum absolute atomic E-state index is 0.0950. The quantitative estimate of drug-likeness (QED) is 0.372. The SMILES string of the molecule is CC/C=C\C(C(=O)N[C@@H](C)c1ccc(F)c(F)c1)=C(/N)N[C@@H](CO)c1ccccc1. The molecule has 0 aliphatic carbocycles. The van der Waals surface area contributed by atoms with Crippen molar-refractivity contribution in [2.45, 2.75) is 32.4 Å². The van der Waals surface area contributed by atoms with Gasteiger partial charge >= 0.3 is 0 Å². The summed E-state index contributed by atoms with van der Waals surface area (Å²) in [4.78, 5) is 12.9. The Hall–Kier alpha value is -3.19. The van der Waals surface area contributed by atoms with Crippen LogP contribution in [0.2, 0.25) is 0 Å². The highest BCUT2D eigenvalue weighted by Crippen LogP contribution is 2.18. The van der Waals surface area contributed by atoms with Crippen LogP contribution >= 0.6 is 0 Å². The summed E-state index contributed by atoms with van der Waals surface area (Å²) in [6.45, 7) is 3.36. The second kappa shape index (κ2) is 11.1. The van der Waals surface area contributed by atoms with Crippen LogP contribution in [0.25, 0.3) is 0 Å². The Bertz CT molecular complexity index is 914. The predicted octanol–water partition coefficient (Wildman–Crippen LogP) is 3.60. The lowest BCUT2D eigenvalue weighted by Crippen LogP contribution is -2.34. The Kier molecular flexibility index (Phi) is 8.55. The van der Waals surface area contributed by atoms with E-state index in [9.17, 15) is 18.7 Å². The molecular weight excluding hydrogens is 388 g/mol. The Morgan fingerprint density at radius 1 is 1.10 bits per heavy atom. The summed E-state index contributed by atoms with van der Waals surface area (Å²) in [6, 6.07) is 11.6. The molecule has 2 atom stereocenters. The molecule has 0 aliphatic heterocycles. The number of nitrogens with one attached hydrogen (secondary N) is 2. The molecule has 2 aromatic rings. The van der Waals surface area contributed by atoms with Gasteiger partial charge in [0.15, 0.2) is 11.6 Å². The van der Waals surface area contributed by atoms with Gasteiger partial charge in [0.05, 0.1) is 24.3 Å². The van der Waals surface area contributed by atoms with E-state index >= 15 is 0 Å². The maximum atomic E-state index is 13.5. The van der Waals surface area contributed by atoms with Crippen molar-refractivity contribution in [1.29, 1.82) is 0 Å². The highest BCUT2D eigenvalue weighted by atomic mass is 19.2. The van der Waals surface area contributed by atoms with Crippen LogP contribution in [0.4, 0.5) is 8.78 Å². The molecule has 2 aromatic carbocycles. The number of amides is 1. The molecule has 5 N–H and O–H groups in total. The molecule has 0 unspecified atom stereocenters. The summed E-state index contributed by atoms with van der Waals surface area (Å²) in [5.74, 6) is -2.32. The van der Waals surface area contributed by atoms with Crippen LogP contribution in [0.5, 0.6) is 0 Å². The molecule has 0 radical (unpaired) electrons. The number of nitrogens with two attached hydrogens (primary N) is 1. The molecule has 2 rings (SSSR count). The fourth-order valence-electron chi connectivity index (χ4n) is 2.85. The van der Waals surface area contributed by atoms with Gasteiger partial charge in [-0.3, -0.25) is 4.79 Å². The first-order valence-electron chi connectivity index (χ1n) is 9.71. The van der Waals surface area contributed by atoms with E-state index in [0.717, 1.165) is 17.7 Å². The highest BCUT2D eigenvalue weighted by molar-refractivity contribution is 5.97. The molecule has 1 amide bonds. The molecule has 0 saturated heterocycles. The molecule has 0 fully saturated rings. The third-order valence-electron chi connectivity index (χ3n) is 4.56. The fourth-order valence-corrected chi connectivity index (χ4v) is 2.85. The van der Waals surface area contributed by atoms with E-state index in [1.54, 1.807) is 19.1 Å². The van der Waals surface area contributed by atoms with Crippen molar-refractivity contribution in [3.8, 4) is 0 Å². The smallest absolute Gasteiger partial charge is 0.255 e. The van der Waals surface area contributed by atoms with Gasteiger partial charge in [-0.25, -0.2) is 8.78 Å². The van der Waals surface area contributed by atoms with Crippen molar-refractivity contribution in [1.82, 2.24) is 10.6 Å². The monoisotopic (exact) mass is 415 g/mol. The van der Waals surface area contributed by atoms with E-state index in [1.165, 1.54) is 6.07 Å². The first-order chi connectivity index (χ1) is 14.4. The molecule has 0 spiro atoms. The molecule has 0 aromatic heterocycles. The molecule has 30 heavy (non-hydrogen) atoms. The number of carbonyl (C=O) groups excluding carboxylic acids is 1. The van der Waals surface area contributed by atoms with Gasteiger partial charge in [0.1, 0.15) is 5.82 Å². The summed E-state index contributed by atoms with van der Waals surface area (Å²) in [5.41, 5.74) is 7.59. The third-order valence-corrected chi connectivity index (χ3v) is 4.56. The minimum Gasteiger partial charge on any atom is -0.394 e. The molecule has 0 bridgehead atoms. The average Bonchev–Trinajstić information content (AvgIpc) is 2.74. The second-order valence-electron chi connectivity index (χ2n) is 6.80. The number of aliphatic hydroxyl groups is 1. The second-order valence-corrected chi connectivity index (χ2v) is 6.80. The summed E-state index contributed by atoms with van der Waals surface area (Å²) >= 11 is 0. The Balaban J connectivity index is 2.24. The Morgan fingerprint density at radius 3 is 2.40 bits per heavy atom. The van der Waals surface area contributed by atoms with Crippen molar-refractivity contribution in [2.24, 2.45) is 5.73 Å². The largest absolute Gasteiger partial charge is 0.394 e. The van der Waals surface area contributed by atoms with Gasteiger partial charge in [0.25, 0.3) is 5.91 Å². The van der Waals surface area contributed by atoms with Crippen LogP contribution in [0, 0.1) is 11.6 Å². The van der Waals surface area contributed by atoms with Gasteiger partial charge in [-0.05, 0) is 42.7 Å². The first-order valence-corrected chi connectivity index (χ1v) is 9.71. The van der Waals surface area contributed by atoms with E-state index in [0.29, 0.717) is 12.0 Å². The average molecular weight is 415 g/mol. The number of allylic oxidation sites excluding steroid dienone is 1. The number of halogens is 2. The van der Waals surface area contributed by atoms with Crippen molar-refractivity contribution >= 4 is 5.91 Å². The van der Waals surface area contributed by atoms with E-state index in [2.05, 4.69) is 10.6 Å². The number of rotatable bonds is 9. The van der Waals surface area contributed by atoms with Gasteiger partial charge < -0.3 is 21.5 Å². The Morgan fingerprint density at radius 2 is 1.80 bits per heavy atom. The normalized spacial score (nSPS) is 14.2. The molecule has 7 heteroatoms. The van der Waals surface area contributed by atoms with E-state index < -0.39 is 29.6 Å². The predicted molar refractivity (Wildman–Crippen MR) is 113 cm³/mol. The van der Waals surface area contributed by atoms with E-state index in [-0.39, 0.29) is 18.0 Å². The lowest BCUT2D eigenvalue weighted by molar-refractivity contribution is -0.117. The first kappa shape index (κ1) is 23.1. The summed E-state index contributed by atoms with van der Waals surface area (Å²) in [7, 11) is 0. The molecule has 0 saturated carbocycles. The van der Waals surface area contributed by atoms with Gasteiger partial charge in [0, 0.05) is 0 Å². The lowest BCUT2D eigenvalue weighted by atomic mass is 10.1. The van der Waals surface area contributed by atoms with Gasteiger partial charge in [-0.15, -0.1) is 0 Å². The summed E-state index contributed by atoms with van der Waals surface area (Å²) in [6.07, 6.45) is 4.06. The van der Waals surface area contributed by atoms with Crippen molar-refractivity contribution in [3.63, 3.8) is 0 Å². The summed E-state index contributed by atoms with van der Waals surface area (Å²) < 4.78 is 26.7. The third kappa shape index (κ3) is 6.15. The maximum Gasteiger partial charge on any atom is 0.255 e. The van der Waals surface area contributed by atoms with Crippen molar-refractivity contribution < 1.29 is 18.7 Å². The maximum absolute atomic E-state index is 13.5. The van der Waals surface area contributed by atoms with Gasteiger partial charge in [-0.2, -0.15) is 0 Å². The van der Waals surface area contributed by atoms with E-state index in [4.69, 9.17) is 5.73 Å². The zero-order valence-electron chi connectivity index (χ0n) is 17.0. The van der Waals surface area contributed by atoms with Gasteiger partial charge in [-0.1, -0.05) is 49.4 Å². The number of carbonyl (C=O) groups is 1. The lowest BCUT2D eigenvalue weighted by Gasteiger charge is -2.21. The zero-order chi connectivity index (χ0) is 22.1. The van der Waals surface area contributed by atoms with Crippen molar-refractivity contribution in [2.75, 3.05) is 6.61 Å². The van der Waals surface area contributed by atoms with Crippen LogP contribution in [0.3, 0.4) is 0 Å². The molecule has 0 heterocycles. The minimum atomic E-state index is -0.981. The zero-order valence-corrected chi connectivity index (χ0v) is 17.0. The van der Waals surface area contributed by atoms with Crippen LogP contribution in [-0.2, 0) is 4.79 Å². The molecular formula is C23H27F2N3O2. The molecule has 160 valence electrons.